The molecule has 0 rings (SSSR count). The third-order valence-corrected chi connectivity index (χ3v) is 3.36. The van der Waals surface area contributed by atoms with E-state index < -0.39 is 0 Å². The Kier molecular flexibility index (Phi) is 18.6. The van der Waals surface area contributed by atoms with Crippen LogP contribution in [0.4, 0.5) is 0 Å². The topological polar surface area (TPSA) is 159 Å². The van der Waals surface area contributed by atoms with Gasteiger partial charge in [-0.05, 0) is 0 Å². The van der Waals surface area contributed by atoms with E-state index in [4.69, 9.17) is 22.9 Å². The van der Waals surface area contributed by atoms with Gasteiger partial charge in [-0.1, -0.05) is 0 Å². The summed E-state index contributed by atoms with van der Waals surface area (Å²) in [6, 6.07) is 0. The molecule has 0 spiro atoms. The van der Waals surface area contributed by atoms with Gasteiger partial charge >= 0.3 is 0 Å². The van der Waals surface area contributed by atoms with Crippen molar-refractivity contribution in [2.75, 3.05) is 92.1 Å². The average Bonchev–Trinajstić information content (AvgIpc) is 2.59. The zero-order valence-corrected chi connectivity index (χ0v) is 15.1. The molecule has 0 atom stereocenters. The lowest BCUT2D eigenvalue weighted by atomic mass is 10.4. The minimum atomic E-state index is 0.641. The van der Waals surface area contributed by atoms with Gasteiger partial charge in [-0.25, -0.2) is 0 Å². The molecule has 0 aliphatic heterocycles. The number of nitrogens with zero attached hydrogens (tertiary/aromatic N) is 2. The quantitative estimate of drug-likeness (QED) is 0.0846. The van der Waals surface area contributed by atoms with E-state index >= 15 is 0 Å². The highest BCUT2D eigenvalue weighted by atomic mass is 15.3. The van der Waals surface area contributed by atoms with E-state index in [0.717, 1.165) is 65.9 Å². The number of rotatable bonds is 19. The predicted molar refractivity (Wildman–Crippen MR) is 101 cm³/mol. The Labute approximate surface area is 147 Å². The molecule has 0 aromatic heterocycles. The molecule has 0 fully saturated rings. The van der Waals surface area contributed by atoms with Gasteiger partial charge in [0.05, 0.1) is 0 Å². The maximum Gasteiger partial charge on any atom is 0.0493 e. The van der Waals surface area contributed by atoms with Gasteiger partial charge in [-0.2, -0.15) is 0 Å². The summed E-state index contributed by atoms with van der Waals surface area (Å²) in [6.45, 7) is 10.9. The molecular formula is C14H40N10. The first kappa shape index (κ1) is 23.6. The molecule has 12 N–H and O–H groups in total. The number of nitrogens with one attached hydrogen (secondary N) is 4. The molecule has 10 heteroatoms. The fourth-order valence-electron chi connectivity index (χ4n) is 2.07. The minimum Gasteiger partial charge on any atom is -0.329 e. The van der Waals surface area contributed by atoms with Crippen LogP contribution in [-0.4, -0.2) is 102 Å². The third-order valence-electron chi connectivity index (χ3n) is 3.36. The molecule has 0 saturated heterocycles. The normalized spacial score (nSPS) is 11.8. The Morgan fingerprint density at radius 3 is 0.917 bits per heavy atom. The van der Waals surface area contributed by atoms with Gasteiger partial charge in [0.15, 0.2) is 0 Å². The zero-order chi connectivity index (χ0) is 17.9. The first-order chi connectivity index (χ1) is 11.8. The predicted octanol–water partition coefficient (Wildman–Crippen LogP) is -4.39. The fraction of sp³-hybridized carbons (Fsp3) is 1.00. The molecule has 0 unspecified atom stereocenters. The number of hydrogen-bond donors (Lipinski definition) is 8. The van der Waals surface area contributed by atoms with E-state index in [1.165, 1.54) is 0 Å². The second kappa shape index (κ2) is 18.9. The van der Waals surface area contributed by atoms with Crippen LogP contribution in [0, 0.1) is 0 Å². The Morgan fingerprint density at radius 1 is 0.458 bits per heavy atom. The van der Waals surface area contributed by atoms with Crippen LogP contribution in [0.25, 0.3) is 0 Å². The Bertz CT molecular complexity index is 200. The molecule has 146 valence electrons. The fourth-order valence-corrected chi connectivity index (χ4v) is 2.07. The number of nitrogens with two attached hydrogens (primary N) is 4. The molecule has 0 radical (unpaired) electrons. The van der Waals surface area contributed by atoms with Gasteiger partial charge in [0, 0.05) is 92.1 Å². The summed E-state index contributed by atoms with van der Waals surface area (Å²) in [5.74, 6) is 0. The molecule has 0 aliphatic carbocycles. The van der Waals surface area contributed by atoms with Crippen LogP contribution in [-0.2, 0) is 0 Å². The van der Waals surface area contributed by atoms with Crippen LogP contribution in [0.2, 0.25) is 0 Å². The van der Waals surface area contributed by atoms with E-state index in [9.17, 15) is 0 Å². The lowest BCUT2D eigenvalue weighted by molar-refractivity contribution is 0.171. The number of hydrogen-bond acceptors (Lipinski definition) is 10. The highest BCUT2D eigenvalue weighted by molar-refractivity contribution is 4.63. The van der Waals surface area contributed by atoms with Gasteiger partial charge in [0.2, 0.25) is 0 Å². The lowest BCUT2D eigenvalue weighted by Crippen LogP contribution is -2.49. The zero-order valence-electron chi connectivity index (χ0n) is 15.1. The first-order valence-corrected chi connectivity index (χ1v) is 8.86. The van der Waals surface area contributed by atoms with Gasteiger partial charge in [-0.3, -0.25) is 9.80 Å². The summed E-state index contributed by atoms with van der Waals surface area (Å²) in [5.41, 5.74) is 22.1. The van der Waals surface area contributed by atoms with Crippen LogP contribution in [0.3, 0.4) is 0 Å². The summed E-state index contributed by atoms with van der Waals surface area (Å²) >= 11 is 0. The summed E-state index contributed by atoms with van der Waals surface area (Å²) < 4.78 is 0. The molecule has 0 aromatic rings. The monoisotopic (exact) mass is 348 g/mol. The van der Waals surface area contributed by atoms with E-state index in [1.54, 1.807) is 0 Å². The van der Waals surface area contributed by atoms with Crippen LogP contribution in [0.1, 0.15) is 0 Å². The summed E-state index contributed by atoms with van der Waals surface area (Å²) in [6.07, 6.45) is 0. The second-order valence-corrected chi connectivity index (χ2v) is 5.58. The molecule has 0 bridgehead atoms. The Balaban J connectivity index is 4.21. The van der Waals surface area contributed by atoms with Crippen molar-refractivity contribution < 1.29 is 0 Å². The molecular weight excluding hydrogens is 308 g/mol. The third kappa shape index (κ3) is 15.1. The van der Waals surface area contributed by atoms with Gasteiger partial charge in [0.1, 0.15) is 0 Å². The van der Waals surface area contributed by atoms with E-state index in [0.29, 0.717) is 26.2 Å². The maximum absolute atomic E-state index is 5.54. The summed E-state index contributed by atoms with van der Waals surface area (Å²) in [7, 11) is 0. The highest BCUT2D eigenvalue weighted by Crippen LogP contribution is 1.89. The molecule has 0 amide bonds. The van der Waals surface area contributed by atoms with Crippen LogP contribution in [0.15, 0.2) is 0 Å². The molecule has 24 heavy (non-hydrogen) atoms. The van der Waals surface area contributed by atoms with Crippen LogP contribution < -0.4 is 44.2 Å². The Hall–Kier alpha value is -0.400. The molecule has 0 aromatic carbocycles. The maximum atomic E-state index is 5.54. The largest absolute Gasteiger partial charge is 0.329 e. The molecule has 10 nitrogen and oxygen atoms in total. The lowest BCUT2D eigenvalue weighted by Gasteiger charge is -2.28. The van der Waals surface area contributed by atoms with Crippen molar-refractivity contribution in [3.8, 4) is 0 Å². The van der Waals surface area contributed by atoms with Crippen molar-refractivity contribution in [1.82, 2.24) is 31.1 Å². The van der Waals surface area contributed by atoms with E-state index in [-0.39, 0.29) is 0 Å². The van der Waals surface area contributed by atoms with Crippen molar-refractivity contribution in [3.63, 3.8) is 0 Å². The molecule has 0 heterocycles. The smallest absolute Gasteiger partial charge is 0.0493 e. The van der Waals surface area contributed by atoms with Crippen LogP contribution in [0.5, 0.6) is 0 Å². The minimum absolute atomic E-state index is 0.641. The van der Waals surface area contributed by atoms with Crippen molar-refractivity contribution in [3.05, 3.63) is 0 Å². The average molecular weight is 349 g/mol. The van der Waals surface area contributed by atoms with Gasteiger partial charge in [0.25, 0.3) is 0 Å². The summed E-state index contributed by atoms with van der Waals surface area (Å²) in [4.78, 5) is 4.62. The molecule has 0 saturated carbocycles. The van der Waals surface area contributed by atoms with Crippen molar-refractivity contribution in [1.29, 1.82) is 0 Å². The van der Waals surface area contributed by atoms with E-state index in [1.807, 2.05) is 0 Å². The SMILES string of the molecule is NCCNCN(CCN(CNCCN)CNCCN)CNCCN. The second-order valence-electron chi connectivity index (χ2n) is 5.58. The standard InChI is InChI=1S/C14H40N10/c15-1-5-19-11-23(12-20-6-2-16)9-10-24(13-21-7-3-17)14-22-8-4-18/h19-22H,1-18H2. The Morgan fingerprint density at radius 2 is 0.708 bits per heavy atom. The van der Waals surface area contributed by atoms with Gasteiger partial charge in [-0.15, -0.1) is 0 Å². The first-order valence-electron chi connectivity index (χ1n) is 8.86. The van der Waals surface area contributed by atoms with Crippen molar-refractivity contribution in [2.45, 2.75) is 0 Å². The highest BCUT2D eigenvalue weighted by Gasteiger charge is 2.08. The van der Waals surface area contributed by atoms with Crippen LogP contribution >= 0.6 is 0 Å². The van der Waals surface area contributed by atoms with Crippen molar-refractivity contribution >= 4 is 0 Å². The summed E-state index contributed by atoms with van der Waals surface area (Å²) in [5, 5.41) is 13.3. The van der Waals surface area contributed by atoms with E-state index in [2.05, 4.69) is 31.1 Å². The van der Waals surface area contributed by atoms with Crippen molar-refractivity contribution in [2.24, 2.45) is 22.9 Å². The molecule has 0 aliphatic rings. The van der Waals surface area contributed by atoms with Gasteiger partial charge < -0.3 is 44.2 Å².